The number of esters is 2. The minimum absolute atomic E-state index is 0.0169. The Balaban J connectivity index is 2.11. The zero-order valence-corrected chi connectivity index (χ0v) is 24.7. The Morgan fingerprint density at radius 2 is 1.61 bits per heavy atom. The highest BCUT2D eigenvalue weighted by atomic mass is 19.4. The van der Waals surface area contributed by atoms with E-state index in [-0.39, 0.29) is 28.5 Å². The third kappa shape index (κ3) is 5.97. The van der Waals surface area contributed by atoms with E-state index in [1.54, 1.807) is 36.4 Å². The molecule has 228 valence electrons. The molecule has 11 heteroatoms. The van der Waals surface area contributed by atoms with Crippen LogP contribution in [0.5, 0.6) is 11.5 Å². The maximum atomic E-state index is 14.1. The summed E-state index contributed by atoms with van der Waals surface area (Å²) < 4.78 is 58.6. The van der Waals surface area contributed by atoms with Gasteiger partial charge in [-0.25, -0.2) is 9.59 Å². The van der Waals surface area contributed by atoms with Crippen LogP contribution in [0.25, 0.3) is 0 Å². The molecule has 4 rings (SSSR count). The number of alkyl halides is 3. The first-order valence-electron chi connectivity index (χ1n) is 13.5. The minimum Gasteiger partial charge on any atom is -0.466 e. The predicted octanol–water partition coefficient (Wildman–Crippen LogP) is 6.83. The van der Waals surface area contributed by atoms with E-state index in [1.165, 1.54) is 0 Å². The van der Waals surface area contributed by atoms with Gasteiger partial charge in [-0.2, -0.15) is 18.4 Å². The topological polar surface area (TPSA) is 115 Å². The average Bonchev–Trinajstić information content (AvgIpc) is 2.99. The number of halogens is 3. The molecule has 3 aromatic carbocycles. The molecule has 0 spiro atoms. The van der Waals surface area contributed by atoms with Crippen molar-refractivity contribution in [3.63, 3.8) is 0 Å². The van der Waals surface area contributed by atoms with Crippen LogP contribution >= 0.6 is 0 Å². The lowest BCUT2D eigenvalue weighted by Crippen LogP contribution is -2.41. The summed E-state index contributed by atoms with van der Waals surface area (Å²) in [6.45, 7) is 5.69. The van der Waals surface area contributed by atoms with Crippen LogP contribution in [-0.4, -0.2) is 26.2 Å². The van der Waals surface area contributed by atoms with Gasteiger partial charge in [0, 0.05) is 0 Å². The van der Waals surface area contributed by atoms with Gasteiger partial charge in [-0.3, -0.25) is 4.90 Å². The summed E-state index contributed by atoms with van der Waals surface area (Å²) in [4.78, 5) is 27.8. The van der Waals surface area contributed by atoms with Crippen LogP contribution in [0.2, 0.25) is 0 Å². The number of carbonyl (C=O) groups is 2. The first-order chi connectivity index (χ1) is 20.8. The Bertz CT molecular complexity index is 1710. The summed E-state index contributed by atoms with van der Waals surface area (Å²) in [5, 5.41) is 10.3. The molecule has 0 saturated heterocycles. The van der Waals surface area contributed by atoms with E-state index in [2.05, 4.69) is 0 Å². The number of hydrogen-bond acceptors (Lipinski definition) is 8. The summed E-state index contributed by atoms with van der Waals surface area (Å²) >= 11 is 0. The molecule has 0 bridgehead atoms. The van der Waals surface area contributed by atoms with E-state index in [0.29, 0.717) is 11.3 Å². The number of nitrogens with two attached hydrogens (primary N) is 1. The van der Waals surface area contributed by atoms with E-state index in [9.17, 15) is 28.0 Å². The van der Waals surface area contributed by atoms with Crippen molar-refractivity contribution < 1.29 is 37.0 Å². The zero-order valence-electron chi connectivity index (χ0n) is 24.7. The van der Waals surface area contributed by atoms with Crippen LogP contribution in [0, 0.1) is 18.3 Å². The fourth-order valence-electron chi connectivity index (χ4n) is 5.04. The van der Waals surface area contributed by atoms with Crippen molar-refractivity contribution >= 4 is 17.6 Å². The molecule has 2 N–H and O–H groups in total. The van der Waals surface area contributed by atoms with Crippen molar-refractivity contribution in [2.75, 3.05) is 19.1 Å². The number of ether oxygens (including phenoxy) is 3. The summed E-state index contributed by atoms with van der Waals surface area (Å²) in [6.07, 6.45) is -4.81. The number of methoxy groups -OCH3 is 2. The Morgan fingerprint density at radius 1 is 0.955 bits per heavy atom. The van der Waals surface area contributed by atoms with Gasteiger partial charge in [0.25, 0.3) is 0 Å². The van der Waals surface area contributed by atoms with Crippen LogP contribution < -0.4 is 15.4 Å². The molecular weight excluding hydrogens is 575 g/mol. The van der Waals surface area contributed by atoms with Crippen LogP contribution in [0.3, 0.4) is 0 Å². The molecule has 8 nitrogen and oxygen atoms in total. The van der Waals surface area contributed by atoms with E-state index in [1.807, 2.05) is 39.0 Å². The lowest BCUT2D eigenvalue weighted by atomic mass is 9.81. The first-order valence-corrected chi connectivity index (χ1v) is 13.5. The summed E-state index contributed by atoms with van der Waals surface area (Å²) in [6, 6.07) is 18.4. The Labute approximate surface area is 252 Å². The number of allylic oxidation sites excluding steroid dienone is 1. The van der Waals surface area contributed by atoms with Gasteiger partial charge < -0.3 is 19.9 Å². The molecule has 1 atom stereocenters. The highest BCUT2D eigenvalue weighted by Crippen LogP contribution is 2.48. The van der Waals surface area contributed by atoms with Gasteiger partial charge in [-0.05, 0) is 53.8 Å². The Hall–Kier alpha value is -5.24. The third-order valence-corrected chi connectivity index (χ3v) is 7.15. The first kappa shape index (κ1) is 31.7. The summed E-state index contributed by atoms with van der Waals surface area (Å²) in [5.74, 6) is -3.50. The molecule has 0 aromatic heterocycles. The van der Waals surface area contributed by atoms with Gasteiger partial charge in [0.15, 0.2) is 5.75 Å². The van der Waals surface area contributed by atoms with Gasteiger partial charge >= 0.3 is 18.1 Å². The lowest BCUT2D eigenvalue weighted by molar-refractivity contribution is -0.139. The monoisotopic (exact) mass is 605 g/mol. The maximum Gasteiger partial charge on any atom is 0.416 e. The highest BCUT2D eigenvalue weighted by molar-refractivity contribution is 6.06. The highest BCUT2D eigenvalue weighted by Gasteiger charge is 2.44. The standard InChI is InChI=1S/C33H30F3N3O5/c1-18(2)22-13-11-19(3)15-26(22)44-25-14-12-21(33(34,35)36)16-24(25)39-29(32(41)43-5)28(31(40)42-4)27(23(17-37)30(39)38)20-9-7-6-8-10-20/h6-16,18,27H,38H2,1-5H3. The molecule has 1 unspecified atom stereocenters. The van der Waals surface area contributed by atoms with Crippen LogP contribution in [-0.2, 0) is 25.2 Å². The quantitative estimate of drug-likeness (QED) is 0.292. The molecular formula is C33H30F3N3O5. The molecule has 0 aliphatic carbocycles. The number of rotatable bonds is 7. The van der Waals surface area contributed by atoms with E-state index < -0.39 is 41.1 Å². The van der Waals surface area contributed by atoms with Crippen molar-refractivity contribution in [3.05, 3.63) is 112 Å². The van der Waals surface area contributed by atoms with Crippen LogP contribution in [0.1, 0.15) is 47.9 Å². The van der Waals surface area contributed by atoms with Crippen molar-refractivity contribution in [1.29, 1.82) is 5.26 Å². The molecule has 1 heterocycles. The van der Waals surface area contributed by atoms with Crippen LogP contribution in [0.15, 0.2) is 89.4 Å². The molecule has 0 amide bonds. The van der Waals surface area contributed by atoms with Gasteiger partial charge in [0.05, 0.1) is 48.6 Å². The molecule has 1 aliphatic rings. The molecule has 0 saturated carbocycles. The van der Waals surface area contributed by atoms with Crippen molar-refractivity contribution in [1.82, 2.24) is 0 Å². The number of nitriles is 1. The SMILES string of the molecule is COC(=O)C1=C(C(=O)OC)N(c2cc(C(F)(F)F)ccc2Oc2cc(C)ccc2C(C)C)C(N)=C(C#N)C1c1ccccc1. The average molecular weight is 606 g/mol. The van der Waals surface area contributed by atoms with E-state index >= 15 is 0 Å². The van der Waals surface area contributed by atoms with Crippen molar-refractivity contribution in [2.24, 2.45) is 5.73 Å². The molecule has 0 fully saturated rings. The van der Waals surface area contributed by atoms with Crippen molar-refractivity contribution in [2.45, 2.75) is 38.8 Å². The van der Waals surface area contributed by atoms with Crippen molar-refractivity contribution in [3.8, 4) is 17.6 Å². The van der Waals surface area contributed by atoms with Gasteiger partial charge in [0.1, 0.15) is 17.3 Å². The second-order valence-corrected chi connectivity index (χ2v) is 10.3. The normalized spacial score (nSPS) is 15.3. The number of nitrogens with zero attached hydrogens (tertiary/aromatic N) is 2. The predicted molar refractivity (Wildman–Crippen MR) is 156 cm³/mol. The minimum atomic E-state index is -4.81. The molecule has 1 aliphatic heterocycles. The summed E-state index contributed by atoms with van der Waals surface area (Å²) in [5.41, 5.74) is 6.05. The zero-order chi connectivity index (χ0) is 32.3. The number of anilines is 1. The van der Waals surface area contributed by atoms with Gasteiger partial charge in [-0.1, -0.05) is 56.3 Å². The fourth-order valence-corrected chi connectivity index (χ4v) is 5.04. The largest absolute Gasteiger partial charge is 0.466 e. The van der Waals surface area contributed by atoms with E-state index in [0.717, 1.165) is 48.4 Å². The molecule has 0 radical (unpaired) electrons. The molecule has 44 heavy (non-hydrogen) atoms. The lowest BCUT2D eigenvalue weighted by Gasteiger charge is -2.36. The second-order valence-electron chi connectivity index (χ2n) is 10.3. The van der Waals surface area contributed by atoms with Gasteiger partial charge in [0.2, 0.25) is 0 Å². The number of benzene rings is 3. The molecule has 3 aromatic rings. The van der Waals surface area contributed by atoms with E-state index in [4.69, 9.17) is 19.9 Å². The maximum absolute atomic E-state index is 14.1. The number of hydrogen-bond donors (Lipinski definition) is 1. The van der Waals surface area contributed by atoms with Gasteiger partial charge in [-0.15, -0.1) is 0 Å². The Kier molecular flexibility index (Phi) is 9.04. The summed E-state index contributed by atoms with van der Waals surface area (Å²) in [7, 11) is 2.12. The fraction of sp³-hybridized carbons (Fsp3) is 0.242. The number of aryl methyl sites for hydroxylation is 1. The third-order valence-electron chi connectivity index (χ3n) is 7.15. The second kappa shape index (κ2) is 12.6. The smallest absolute Gasteiger partial charge is 0.416 e. The number of carbonyl (C=O) groups excluding carboxylic acids is 2. The Morgan fingerprint density at radius 3 is 2.18 bits per heavy atom. The van der Waals surface area contributed by atoms with Crippen LogP contribution in [0.4, 0.5) is 18.9 Å².